The van der Waals surface area contributed by atoms with Gasteiger partial charge in [-0.05, 0) is 50.2 Å². The molecule has 18 heavy (non-hydrogen) atoms. The van der Waals surface area contributed by atoms with Crippen LogP contribution in [0.1, 0.15) is 24.8 Å². The van der Waals surface area contributed by atoms with Crippen LogP contribution in [-0.2, 0) is 0 Å². The Morgan fingerprint density at radius 2 is 1.83 bits per heavy atom. The van der Waals surface area contributed by atoms with Gasteiger partial charge in [-0.3, -0.25) is 4.90 Å². The van der Waals surface area contributed by atoms with Crippen LogP contribution in [0.25, 0.3) is 0 Å². The highest BCUT2D eigenvalue weighted by atomic mass is 32.1. The number of rotatable bonds is 4. The average molecular weight is 267 g/mol. The third kappa shape index (κ3) is 4.01. The van der Waals surface area contributed by atoms with Crippen molar-refractivity contribution in [2.45, 2.75) is 19.3 Å². The van der Waals surface area contributed by atoms with Crippen LogP contribution in [0.5, 0.6) is 0 Å². The molecule has 1 aliphatic rings. The Morgan fingerprint density at radius 1 is 1.17 bits per heavy atom. The number of likely N-dealkylation sites (tertiary alicyclic amines) is 1. The van der Waals surface area contributed by atoms with Gasteiger partial charge in [-0.1, -0.05) is 18.6 Å². The molecule has 5 heteroatoms. The van der Waals surface area contributed by atoms with Crippen LogP contribution in [0.15, 0.2) is 24.3 Å². The fraction of sp³-hybridized carbons (Fsp3) is 0.462. The van der Waals surface area contributed by atoms with Crippen molar-refractivity contribution >= 4 is 17.2 Å². The molecular formula is C13H18FN3S. The zero-order valence-corrected chi connectivity index (χ0v) is 11.1. The number of hydrazine groups is 1. The largest absolute Gasteiger partial charge is 0.310 e. The number of hydrogen-bond acceptors (Lipinski definition) is 3. The number of nitrogens with zero attached hydrogens (tertiary/aromatic N) is 1. The van der Waals surface area contributed by atoms with E-state index in [1.165, 1.54) is 31.4 Å². The van der Waals surface area contributed by atoms with Crippen LogP contribution in [0.4, 0.5) is 4.39 Å². The van der Waals surface area contributed by atoms with Gasteiger partial charge in [0.1, 0.15) is 10.8 Å². The third-order valence-corrected chi connectivity index (χ3v) is 3.40. The lowest BCUT2D eigenvalue weighted by Crippen LogP contribution is -2.45. The Labute approximate surface area is 112 Å². The Hall–Kier alpha value is -1.04. The van der Waals surface area contributed by atoms with Crippen molar-refractivity contribution in [2.75, 3.05) is 19.8 Å². The average Bonchev–Trinajstić information content (AvgIpc) is 2.40. The molecule has 1 aliphatic heterocycles. The lowest BCUT2D eigenvalue weighted by atomic mass is 10.1. The molecule has 0 amide bonds. The quantitative estimate of drug-likeness (QED) is 0.645. The van der Waals surface area contributed by atoms with Crippen molar-refractivity contribution in [3.8, 4) is 0 Å². The molecule has 0 unspecified atom stereocenters. The minimum absolute atomic E-state index is 0.247. The summed E-state index contributed by atoms with van der Waals surface area (Å²) in [6.07, 6.45) is 3.87. The summed E-state index contributed by atoms with van der Waals surface area (Å²) in [5.41, 5.74) is 6.91. The van der Waals surface area contributed by atoms with Crippen molar-refractivity contribution in [2.24, 2.45) is 0 Å². The molecule has 0 saturated carbocycles. The smallest absolute Gasteiger partial charge is 0.123 e. The summed E-state index contributed by atoms with van der Waals surface area (Å²) in [5.74, 6) is -0.247. The van der Waals surface area contributed by atoms with Crippen LogP contribution >= 0.6 is 12.2 Å². The van der Waals surface area contributed by atoms with Gasteiger partial charge in [-0.25, -0.2) is 9.82 Å². The summed E-state index contributed by atoms with van der Waals surface area (Å²) in [7, 11) is 0. The van der Waals surface area contributed by atoms with Crippen molar-refractivity contribution in [1.82, 2.24) is 15.8 Å². The van der Waals surface area contributed by atoms with E-state index < -0.39 is 0 Å². The number of benzene rings is 1. The van der Waals surface area contributed by atoms with E-state index in [9.17, 15) is 4.39 Å². The molecule has 0 radical (unpaired) electrons. The Kier molecular flexibility index (Phi) is 5.04. The van der Waals surface area contributed by atoms with E-state index >= 15 is 0 Å². The van der Waals surface area contributed by atoms with Gasteiger partial charge in [-0.2, -0.15) is 0 Å². The fourth-order valence-electron chi connectivity index (χ4n) is 2.02. The molecule has 98 valence electrons. The number of piperidine rings is 1. The first-order chi connectivity index (χ1) is 8.75. The minimum atomic E-state index is -0.247. The van der Waals surface area contributed by atoms with E-state index in [4.69, 9.17) is 12.2 Å². The first kappa shape index (κ1) is 13.4. The summed E-state index contributed by atoms with van der Waals surface area (Å²) in [6.45, 7) is 3.05. The number of thiocarbonyl (C=S) groups is 1. The number of nitrogens with one attached hydrogen (secondary N) is 2. The normalized spacial score (nSPS) is 16.5. The molecular weight excluding hydrogens is 249 g/mol. The van der Waals surface area contributed by atoms with Crippen LogP contribution in [0.3, 0.4) is 0 Å². The molecule has 3 nitrogen and oxygen atoms in total. The van der Waals surface area contributed by atoms with Crippen LogP contribution in [0, 0.1) is 5.82 Å². The van der Waals surface area contributed by atoms with Crippen molar-refractivity contribution in [3.05, 3.63) is 35.6 Å². The second kappa shape index (κ2) is 6.78. The van der Waals surface area contributed by atoms with Crippen LogP contribution in [-0.4, -0.2) is 29.6 Å². The van der Waals surface area contributed by atoms with Gasteiger partial charge in [0.2, 0.25) is 0 Å². The van der Waals surface area contributed by atoms with Gasteiger partial charge in [0.15, 0.2) is 0 Å². The molecule has 1 aromatic rings. The number of hydrogen-bond donors (Lipinski definition) is 2. The van der Waals surface area contributed by atoms with Crippen LogP contribution in [0.2, 0.25) is 0 Å². The molecule has 0 aromatic heterocycles. The van der Waals surface area contributed by atoms with E-state index in [0.717, 1.165) is 25.3 Å². The van der Waals surface area contributed by atoms with Gasteiger partial charge in [-0.15, -0.1) is 0 Å². The van der Waals surface area contributed by atoms with Crippen molar-refractivity contribution in [3.63, 3.8) is 0 Å². The van der Waals surface area contributed by atoms with E-state index in [0.29, 0.717) is 4.99 Å². The van der Waals surface area contributed by atoms with Crippen molar-refractivity contribution < 1.29 is 4.39 Å². The maximum Gasteiger partial charge on any atom is 0.123 e. The Bertz CT molecular complexity index is 388. The first-order valence-corrected chi connectivity index (χ1v) is 6.67. The topological polar surface area (TPSA) is 27.3 Å². The molecule has 2 rings (SSSR count). The molecule has 0 spiro atoms. The van der Waals surface area contributed by atoms with E-state index in [1.54, 1.807) is 12.1 Å². The van der Waals surface area contributed by atoms with Gasteiger partial charge < -0.3 is 5.43 Å². The highest BCUT2D eigenvalue weighted by Crippen LogP contribution is 2.07. The summed E-state index contributed by atoms with van der Waals surface area (Å²) in [6, 6.07) is 6.17. The predicted molar refractivity (Wildman–Crippen MR) is 74.7 cm³/mol. The lowest BCUT2D eigenvalue weighted by Gasteiger charge is -2.26. The monoisotopic (exact) mass is 267 g/mol. The molecule has 1 fully saturated rings. The highest BCUT2D eigenvalue weighted by Gasteiger charge is 2.09. The molecule has 2 N–H and O–H groups in total. The Morgan fingerprint density at radius 3 is 2.50 bits per heavy atom. The van der Waals surface area contributed by atoms with E-state index in [2.05, 4.69) is 15.8 Å². The molecule has 1 saturated heterocycles. The number of halogens is 1. The van der Waals surface area contributed by atoms with Gasteiger partial charge in [0, 0.05) is 5.56 Å². The standard InChI is InChI=1S/C13H18FN3S/c14-12-6-4-11(5-7-12)13(18)16-15-10-17-8-2-1-3-9-17/h4-7,15H,1-3,8-10H2,(H,16,18). The molecule has 1 aromatic carbocycles. The van der Waals surface area contributed by atoms with E-state index in [1.807, 2.05) is 0 Å². The molecule has 0 atom stereocenters. The maximum absolute atomic E-state index is 12.8. The summed E-state index contributed by atoms with van der Waals surface area (Å²) >= 11 is 5.22. The van der Waals surface area contributed by atoms with Gasteiger partial charge in [0.05, 0.1) is 6.67 Å². The SMILES string of the molecule is Fc1ccc(C(=S)NNCN2CCCCC2)cc1. The molecule has 0 aliphatic carbocycles. The molecule has 1 heterocycles. The first-order valence-electron chi connectivity index (χ1n) is 6.27. The molecule has 0 bridgehead atoms. The second-order valence-electron chi connectivity index (χ2n) is 4.47. The maximum atomic E-state index is 12.8. The fourth-order valence-corrected chi connectivity index (χ4v) is 2.23. The second-order valence-corrected chi connectivity index (χ2v) is 4.88. The lowest BCUT2D eigenvalue weighted by molar-refractivity contribution is 0.208. The van der Waals surface area contributed by atoms with Gasteiger partial charge in [0.25, 0.3) is 0 Å². The summed E-state index contributed by atoms with van der Waals surface area (Å²) in [4.78, 5) is 2.94. The van der Waals surface area contributed by atoms with Crippen molar-refractivity contribution in [1.29, 1.82) is 0 Å². The Balaban J connectivity index is 1.72. The minimum Gasteiger partial charge on any atom is -0.310 e. The van der Waals surface area contributed by atoms with Gasteiger partial charge >= 0.3 is 0 Å². The zero-order valence-electron chi connectivity index (χ0n) is 10.3. The van der Waals surface area contributed by atoms with E-state index in [-0.39, 0.29) is 5.82 Å². The zero-order chi connectivity index (χ0) is 12.8. The summed E-state index contributed by atoms with van der Waals surface area (Å²) in [5, 5.41) is 0. The summed E-state index contributed by atoms with van der Waals surface area (Å²) < 4.78 is 12.8. The third-order valence-electron chi connectivity index (χ3n) is 3.06. The highest BCUT2D eigenvalue weighted by molar-refractivity contribution is 7.80. The van der Waals surface area contributed by atoms with Crippen LogP contribution < -0.4 is 10.9 Å². The predicted octanol–water partition coefficient (Wildman–Crippen LogP) is 2.04.